The zero-order valence-electron chi connectivity index (χ0n) is 10.0. The molecule has 2 heteroatoms. The van der Waals surface area contributed by atoms with Gasteiger partial charge in [0.15, 0.2) is 0 Å². The van der Waals surface area contributed by atoms with E-state index in [2.05, 4.69) is 31.2 Å². The van der Waals surface area contributed by atoms with E-state index in [0.29, 0.717) is 0 Å². The van der Waals surface area contributed by atoms with Crippen LogP contribution in [-0.2, 0) is 17.6 Å². The molecule has 0 aliphatic carbocycles. The number of nitrogens with two attached hydrogens (primary N) is 1. The van der Waals surface area contributed by atoms with Crippen LogP contribution in [0.2, 0.25) is 0 Å². The third kappa shape index (κ3) is 2.45. The predicted octanol–water partition coefficient (Wildman–Crippen LogP) is 2.16. The van der Waals surface area contributed by atoms with Crippen molar-refractivity contribution >= 4 is 0 Å². The van der Waals surface area contributed by atoms with Gasteiger partial charge < -0.3 is 10.5 Å². The van der Waals surface area contributed by atoms with Gasteiger partial charge in [-0.15, -0.1) is 0 Å². The summed E-state index contributed by atoms with van der Waals surface area (Å²) in [5.41, 5.74) is 8.84. The molecule has 0 amide bonds. The van der Waals surface area contributed by atoms with Gasteiger partial charge in [-0.05, 0) is 24.0 Å². The molecule has 1 fully saturated rings. The summed E-state index contributed by atoms with van der Waals surface area (Å²) in [6.45, 7) is 4.58. The van der Waals surface area contributed by atoms with Crippen LogP contribution in [0.25, 0.3) is 0 Å². The summed E-state index contributed by atoms with van der Waals surface area (Å²) in [5, 5.41) is 0. The quantitative estimate of drug-likeness (QED) is 0.823. The van der Waals surface area contributed by atoms with Gasteiger partial charge in [-0.3, -0.25) is 0 Å². The Labute approximate surface area is 97.8 Å². The number of rotatable bonds is 5. The van der Waals surface area contributed by atoms with Gasteiger partial charge >= 0.3 is 0 Å². The summed E-state index contributed by atoms with van der Waals surface area (Å²) in [6.07, 6.45) is 3.43. The molecule has 1 aromatic carbocycles. The van der Waals surface area contributed by atoms with Crippen LogP contribution in [0.1, 0.15) is 24.5 Å². The van der Waals surface area contributed by atoms with E-state index >= 15 is 0 Å². The minimum atomic E-state index is 0.215. The van der Waals surface area contributed by atoms with Crippen LogP contribution in [0.4, 0.5) is 0 Å². The van der Waals surface area contributed by atoms with Gasteiger partial charge in [0.25, 0.3) is 0 Å². The highest BCUT2D eigenvalue weighted by atomic mass is 16.5. The zero-order chi connectivity index (χ0) is 11.4. The van der Waals surface area contributed by atoms with Gasteiger partial charge in [-0.25, -0.2) is 0 Å². The third-order valence-electron chi connectivity index (χ3n) is 3.39. The lowest BCUT2D eigenvalue weighted by Gasteiger charge is -2.40. The maximum absolute atomic E-state index is 5.81. The molecule has 0 bridgehead atoms. The molecule has 1 heterocycles. The minimum Gasteiger partial charge on any atom is -0.380 e. The number of ether oxygens (including phenoxy) is 1. The van der Waals surface area contributed by atoms with Crippen molar-refractivity contribution in [3.8, 4) is 0 Å². The van der Waals surface area contributed by atoms with Crippen molar-refractivity contribution in [1.29, 1.82) is 0 Å². The number of benzene rings is 1. The fourth-order valence-corrected chi connectivity index (χ4v) is 2.23. The number of aryl methyl sites for hydroxylation is 1. The molecule has 0 unspecified atom stereocenters. The second-order valence-electron chi connectivity index (χ2n) is 4.94. The Balaban J connectivity index is 1.99. The highest BCUT2D eigenvalue weighted by Gasteiger charge is 2.37. The van der Waals surface area contributed by atoms with Gasteiger partial charge in [-0.1, -0.05) is 37.6 Å². The largest absolute Gasteiger partial charge is 0.380 e. The van der Waals surface area contributed by atoms with Crippen molar-refractivity contribution in [3.05, 3.63) is 35.4 Å². The average molecular weight is 219 g/mol. The molecule has 16 heavy (non-hydrogen) atoms. The van der Waals surface area contributed by atoms with Gasteiger partial charge in [-0.2, -0.15) is 0 Å². The first-order valence-corrected chi connectivity index (χ1v) is 6.14. The van der Waals surface area contributed by atoms with Gasteiger partial charge in [0.1, 0.15) is 0 Å². The molecule has 88 valence electrons. The Morgan fingerprint density at radius 1 is 1.19 bits per heavy atom. The van der Waals surface area contributed by atoms with Crippen LogP contribution < -0.4 is 5.73 Å². The SMILES string of the molecule is CCCc1ccc(CC2(CN)COC2)cc1. The highest BCUT2D eigenvalue weighted by molar-refractivity contribution is 5.24. The third-order valence-corrected chi connectivity index (χ3v) is 3.39. The monoisotopic (exact) mass is 219 g/mol. The summed E-state index contributed by atoms with van der Waals surface area (Å²) in [5.74, 6) is 0. The Morgan fingerprint density at radius 3 is 2.25 bits per heavy atom. The van der Waals surface area contributed by atoms with Crippen LogP contribution in [0.5, 0.6) is 0 Å². The summed E-state index contributed by atoms with van der Waals surface area (Å²) >= 11 is 0. The van der Waals surface area contributed by atoms with Crippen LogP contribution in [0.15, 0.2) is 24.3 Å². The predicted molar refractivity (Wildman–Crippen MR) is 66.4 cm³/mol. The zero-order valence-corrected chi connectivity index (χ0v) is 10.0. The Kier molecular flexibility index (Phi) is 3.62. The first kappa shape index (κ1) is 11.6. The second-order valence-corrected chi connectivity index (χ2v) is 4.94. The maximum Gasteiger partial charge on any atom is 0.0560 e. The summed E-state index contributed by atoms with van der Waals surface area (Å²) in [7, 11) is 0. The first-order valence-electron chi connectivity index (χ1n) is 6.14. The molecule has 1 aliphatic heterocycles. The topological polar surface area (TPSA) is 35.2 Å². The summed E-state index contributed by atoms with van der Waals surface area (Å²) < 4.78 is 5.28. The molecular weight excluding hydrogens is 198 g/mol. The molecule has 0 spiro atoms. The summed E-state index contributed by atoms with van der Waals surface area (Å²) in [6, 6.07) is 8.95. The molecule has 2 N–H and O–H groups in total. The molecule has 0 saturated carbocycles. The summed E-state index contributed by atoms with van der Waals surface area (Å²) in [4.78, 5) is 0. The molecule has 2 rings (SSSR count). The molecule has 1 aliphatic rings. The number of hydrogen-bond donors (Lipinski definition) is 1. The fourth-order valence-electron chi connectivity index (χ4n) is 2.23. The molecule has 0 radical (unpaired) electrons. The van der Waals surface area contributed by atoms with Crippen LogP contribution in [0.3, 0.4) is 0 Å². The van der Waals surface area contributed by atoms with Gasteiger partial charge in [0.2, 0.25) is 0 Å². The van der Waals surface area contributed by atoms with E-state index in [-0.39, 0.29) is 5.41 Å². The van der Waals surface area contributed by atoms with Gasteiger partial charge in [0.05, 0.1) is 13.2 Å². The second kappa shape index (κ2) is 4.98. The van der Waals surface area contributed by atoms with E-state index in [1.165, 1.54) is 24.0 Å². The van der Waals surface area contributed by atoms with Crippen molar-refractivity contribution in [2.75, 3.05) is 19.8 Å². The molecular formula is C14H21NO. The lowest BCUT2D eigenvalue weighted by molar-refractivity contribution is -0.106. The first-order chi connectivity index (χ1) is 7.78. The smallest absolute Gasteiger partial charge is 0.0560 e. The molecule has 2 nitrogen and oxygen atoms in total. The highest BCUT2D eigenvalue weighted by Crippen LogP contribution is 2.30. The van der Waals surface area contributed by atoms with Crippen molar-refractivity contribution in [1.82, 2.24) is 0 Å². The lowest BCUT2D eigenvalue weighted by atomic mass is 9.80. The average Bonchev–Trinajstić information content (AvgIpc) is 2.26. The molecule has 0 atom stereocenters. The van der Waals surface area contributed by atoms with E-state index in [9.17, 15) is 0 Å². The van der Waals surface area contributed by atoms with Crippen LogP contribution >= 0.6 is 0 Å². The molecule has 0 aromatic heterocycles. The minimum absolute atomic E-state index is 0.215. The van der Waals surface area contributed by atoms with Gasteiger partial charge in [0, 0.05) is 12.0 Å². The Hall–Kier alpha value is -0.860. The lowest BCUT2D eigenvalue weighted by Crippen LogP contribution is -2.49. The normalized spacial score (nSPS) is 18.1. The van der Waals surface area contributed by atoms with E-state index < -0.39 is 0 Å². The van der Waals surface area contributed by atoms with E-state index in [1.54, 1.807) is 0 Å². The standard InChI is InChI=1S/C14H21NO/c1-2-3-12-4-6-13(7-5-12)8-14(9-15)10-16-11-14/h4-7H,2-3,8-11,15H2,1H3. The van der Waals surface area contributed by atoms with Crippen molar-refractivity contribution in [2.24, 2.45) is 11.1 Å². The molecule has 1 saturated heterocycles. The molecule has 1 aromatic rings. The van der Waals surface area contributed by atoms with E-state index in [1.807, 2.05) is 0 Å². The van der Waals surface area contributed by atoms with E-state index in [4.69, 9.17) is 10.5 Å². The van der Waals surface area contributed by atoms with Crippen molar-refractivity contribution in [2.45, 2.75) is 26.2 Å². The van der Waals surface area contributed by atoms with Crippen LogP contribution in [0, 0.1) is 5.41 Å². The Bertz CT molecular complexity index is 322. The van der Waals surface area contributed by atoms with Crippen molar-refractivity contribution < 1.29 is 4.74 Å². The maximum atomic E-state index is 5.81. The fraction of sp³-hybridized carbons (Fsp3) is 0.571. The number of hydrogen-bond acceptors (Lipinski definition) is 2. The van der Waals surface area contributed by atoms with Crippen molar-refractivity contribution in [3.63, 3.8) is 0 Å². The Morgan fingerprint density at radius 2 is 1.81 bits per heavy atom. The van der Waals surface area contributed by atoms with Crippen LogP contribution in [-0.4, -0.2) is 19.8 Å². The van der Waals surface area contributed by atoms with E-state index in [0.717, 1.165) is 26.2 Å².